The van der Waals surface area contributed by atoms with E-state index >= 15 is 0 Å². The third kappa shape index (κ3) is 3.73. The van der Waals surface area contributed by atoms with E-state index in [9.17, 15) is 9.18 Å². The van der Waals surface area contributed by atoms with Gasteiger partial charge in [0.25, 0.3) is 0 Å². The van der Waals surface area contributed by atoms with Crippen molar-refractivity contribution >= 4 is 23.3 Å². The van der Waals surface area contributed by atoms with E-state index in [-0.39, 0.29) is 17.9 Å². The molecule has 0 radical (unpaired) electrons. The summed E-state index contributed by atoms with van der Waals surface area (Å²) in [6.45, 7) is 1.87. The number of hydrogen-bond donors (Lipinski definition) is 1. The van der Waals surface area contributed by atoms with Crippen LogP contribution in [0.5, 0.6) is 0 Å². The van der Waals surface area contributed by atoms with Crippen molar-refractivity contribution in [2.75, 3.05) is 12.4 Å². The maximum atomic E-state index is 12.9. The van der Waals surface area contributed by atoms with Crippen molar-refractivity contribution in [3.05, 3.63) is 64.9 Å². The zero-order chi connectivity index (χ0) is 15.4. The van der Waals surface area contributed by atoms with Crippen LogP contribution < -0.4 is 5.32 Å². The molecule has 0 bridgehead atoms. The summed E-state index contributed by atoms with van der Waals surface area (Å²) in [5.41, 5.74) is 1.41. The van der Waals surface area contributed by atoms with Gasteiger partial charge in [0.2, 0.25) is 0 Å². The van der Waals surface area contributed by atoms with Gasteiger partial charge in [-0.15, -0.1) is 0 Å². The van der Waals surface area contributed by atoms with Crippen molar-refractivity contribution in [2.24, 2.45) is 0 Å². The molecule has 1 unspecified atom stereocenters. The van der Waals surface area contributed by atoms with Crippen molar-refractivity contribution < 1.29 is 9.18 Å². The molecule has 0 aliphatic rings. The Hall–Kier alpha value is -2.07. The van der Waals surface area contributed by atoms with Crippen LogP contribution >= 0.6 is 11.6 Å². The molecule has 0 fully saturated rings. The SMILES string of the molecule is CC(c1ccc(F)cc1)N(C)C(=O)Nc1ccccc1Cl. The predicted octanol–water partition coefficient (Wildman–Crippen LogP) is 4.70. The van der Waals surface area contributed by atoms with Gasteiger partial charge in [-0.1, -0.05) is 35.9 Å². The third-order valence-electron chi connectivity index (χ3n) is 3.37. The van der Waals surface area contributed by atoms with Crippen molar-refractivity contribution in [2.45, 2.75) is 13.0 Å². The molecule has 110 valence electrons. The fourth-order valence-electron chi connectivity index (χ4n) is 1.91. The maximum absolute atomic E-state index is 12.9. The van der Waals surface area contributed by atoms with Crippen LogP contribution in [-0.4, -0.2) is 18.0 Å². The molecule has 0 aliphatic carbocycles. The second-order valence-electron chi connectivity index (χ2n) is 4.75. The van der Waals surface area contributed by atoms with Crippen molar-refractivity contribution in [1.29, 1.82) is 0 Å². The lowest BCUT2D eigenvalue weighted by molar-refractivity contribution is 0.208. The maximum Gasteiger partial charge on any atom is 0.322 e. The van der Waals surface area contributed by atoms with Crippen LogP contribution in [0.2, 0.25) is 5.02 Å². The number of benzene rings is 2. The molecular weight excluding hydrogens is 291 g/mol. The Labute approximate surface area is 128 Å². The number of carbonyl (C=O) groups is 1. The molecule has 0 heterocycles. The van der Waals surface area contributed by atoms with Crippen LogP contribution in [0.1, 0.15) is 18.5 Å². The van der Waals surface area contributed by atoms with Crippen LogP contribution in [0.3, 0.4) is 0 Å². The first-order valence-corrected chi connectivity index (χ1v) is 6.90. The van der Waals surface area contributed by atoms with E-state index in [1.54, 1.807) is 43.4 Å². The van der Waals surface area contributed by atoms with Gasteiger partial charge in [-0.3, -0.25) is 0 Å². The van der Waals surface area contributed by atoms with Gasteiger partial charge in [0.1, 0.15) is 5.82 Å². The van der Waals surface area contributed by atoms with Crippen molar-refractivity contribution in [3.63, 3.8) is 0 Å². The minimum atomic E-state index is -0.297. The monoisotopic (exact) mass is 306 g/mol. The lowest BCUT2D eigenvalue weighted by Gasteiger charge is -2.25. The Kier molecular flexibility index (Phi) is 4.81. The highest BCUT2D eigenvalue weighted by Crippen LogP contribution is 2.23. The van der Waals surface area contributed by atoms with E-state index in [4.69, 9.17) is 11.6 Å². The predicted molar refractivity (Wildman–Crippen MR) is 83.0 cm³/mol. The van der Waals surface area contributed by atoms with E-state index in [0.717, 1.165) is 5.56 Å². The summed E-state index contributed by atoms with van der Waals surface area (Å²) in [7, 11) is 1.68. The highest BCUT2D eigenvalue weighted by Gasteiger charge is 2.18. The van der Waals surface area contributed by atoms with Crippen molar-refractivity contribution in [1.82, 2.24) is 4.90 Å². The van der Waals surface area contributed by atoms with Gasteiger partial charge in [-0.05, 0) is 36.8 Å². The number of anilines is 1. The van der Waals surface area contributed by atoms with Crippen LogP contribution in [0.25, 0.3) is 0 Å². The summed E-state index contributed by atoms with van der Waals surface area (Å²) in [4.78, 5) is 13.8. The average Bonchev–Trinajstić information content (AvgIpc) is 2.49. The molecular formula is C16H16ClFN2O. The van der Waals surface area contributed by atoms with E-state index < -0.39 is 0 Å². The molecule has 2 aromatic rings. The van der Waals surface area contributed by atoms with Crippen LogP contribution in [-0.2, 0) is 0 Å². The van der Waals surface area contributed by atoms with Crippen LogP contribution in [0, 0.1) is 5.82 Å². The summed E-state index contributed by atoms with van der Waals surface area (Å²) in [5, 5.41) is 3.23. The first-order chi connectivity index (χ1) is 9.99. The molecule has 0 aromatic heterocycles. The second-order valence-corrected chi connectivity index (χ2v) is 5.16. The van der Waals surface area contributed by atoms with Gasteiger partial charge < -0.3 is 10.2 Å². The van der Waals surface area contributed by atoms with E-state index in [2.05, 4.69) is 5.32 Å². The number of carbonyl (C=O) groups excluding carboxylic acids is 1. The second kappa shape index (κ2) is 6.59. The normalized spacial score (nSPS) is 11.8. The Morgan fingerprint density at radius 3 is 2.43 bits per heavy atom. The number of urea groups is 1. The van der Waals surface area contributed by atoms with Crippen LogP contribution in [0.4, 0.5) is 14.9 Å². The third-order valence-corrected chi connectivity index (χ3v) is 3.70. The number of rotatable bonds is 3. The minimum Gasteiger partial charge on any atom is -0.321 e. The summed E-state index contributed by atoms with van der Waals surface area (Å²) >= 11 is 6.01. The zero-order valence-corrected chi connectivity index (χ0v) is 12.6. The van der Waals surface area contributed by atoms with Gasteiger partial charge in [-0.2, -0.15) is 0 Å². The highest BCUT2D eigenvalue weighted by atomic mass is 35.5. The lowest BCUT2D eigenvalue weighted by Crippen LogP contribution is -2.33. The number of para-hydroxylation sites is 1. The Bertz CT molecular complexity index is 630. The number of nitrogens with zero attached hydrogens (tertiary/aromatic N) is 1. The lowest BCUT2D eigenvalue weighted by atomic mass is 10.1. The van der Waals surface area contributed by atoms with Gasteiger partial charge >= 0.3 is 6.03 Å². The molecule has 21 heavy (non-hydrogen) atoms. The van der Waals surface area contributed by atoms with E-state index in [0.29, 0.717) is 10.7 Å². The summed E-state index contributed by atoms with van der Waals surface area (Å²) in [6.07, 6.45) is 0. The Morgan fingerprint density at radius 1 is 1.19 bits per heavy atom. The van der Waals surface area contributed by atoms with Gasteiger partial charge in [0.05, 0.1) is 16.8 Å². The molecule has 1 atom stereocenters. The number of nitrogens with one attached hydrogen (secondary N) is 1. The molecule has 5 heteroatoms. The quantitative estimate of drug-likeness (QED) is 0.875. The molecule has 3 nitrogen and oxygen atoms in total. The number of amides is 2. The fraction of sp³-hybridized carbons (Fsp3) is 0.188. The standard InChI is InChI=1S/C16H16ClFN2O/c1-11(12-7-9-13(18)10-8-12)20(2)16(21)19-15-6-4-3-5-14(15)17/h3-11H,1-2H3,(H,19,21). The van der Waals surface area contributed by atoms with Gasteiger partial charge in [0, 0.05) is 7.05 Å². The first-order valence-electron chi connectivity index (χ1n) is 6.53. The molecule has 0 saturated heterocycles. The Balaban J connectivity index is 2.08. The topological polar surface area (TPSA) is 32.3 Å². The van der Waals surface area contributed by atoms with E-state index in [1.807, 2.05) is 6.92 Å². The summed E-state index contributed by atoms with van der Waals surface area (Å²) in [6, 6.07) is 12.7. The average molecular weight is 307 g/mol. The number of halogens is 2. The summed E-state index contributed by atoms with van der Waals surface area (Å²) < 4.78 is 12.9. The molecule has 0 saturated carbocycles. The molecule has 0 spiro atoms. The van der Waals surface area contributed by atoms with Gasteiger partial charge in [-0.25, -0.2) is 9.18 Å². The van der Waals surface area contributed by atoms with Crippen molar-refractivity contribution in [3.8, 4) is 0 Å². The Morgan fingerprint density at radius 2 is 1.81 bits per heavy atom. The van der Waals surface area contributed by atoms with Crippen LogP contribution in [0.15, 0.2) is 48.5 Å². The molecule has 0 aliphatic heterocycles. The fourth-order valence-corrected chi connectivity index (χ4v) is 2.09. The molecule has 2 aromatic carbocycles. The molecule has 2 rings (SSSR count). The van der Waals surface area contributed by atoms with Gasteiger partial charge in [0.15, 0.2) is 0 Å². The largest absolute Gasteiger partial charge is 0.322 e. The number of hydrogen-bond acceptors (Lipinski definition) is 1. The first kappa shape index (κ1) is 15.3. The highest BCUT2D eigenvalue weighted by molar-refractivity contribution is 6.33. The minimum absolute atomic E-state index is 0.187. The molecule has 1 N–H and O–H groups in total. The summed E-state index contributed by atoms with van der Waals surface area (Å²) in [5.74, 6) is -0.297. The van der Waals surface area contributed by atoms with E-state index in [1.165, 1.54) is 17.0 Å². The zero-order valence-electron chi connectivity index (χ0n) is 11.8. The molecule has 2 amide bonds. The smallest absolute Gasteiger partial charge is 0.321 e.